The van der Waals surface area contributed by atoms with Crippen LogP contribution in [-0.2, 0) is 72.0 Å². The van der Waals surface area contributed by atoms with Gasteiger partial charge in [0.1, 0.15) is 11.4 Å². The molecule has 0 amide bonds. The second-order valence-corrected chi connectivity index (χ2v) is 23.6. The van der Waals surface area contributed by atoms with Gasteiger partial charge in [0.15, 0.2) is 5.71 Å². The molecule has 0 saturated carbocycles. The molecular formula is C47H57N2O16S4+. The molecule has 0 spiro atoms. The minimum atomic E-state index is -5.06. The summed E-state index contributed by atoms with van der Waals surface area (Å²) in [6, 6.07) is 11.5. The second kappa shape index (κ2) is 20.5. The molecular weight excluding hydrogens is 977 g/mol. The van der Waals surface area contributed by atoms with E-state index in [1.165, 1.54) is 32.4 Å². The standard InChI is InChI=1S/C47H56N2O16S4/c1-46(2)41(48(22-11-7-10-15-43(50)51)38-18-16-34-31(20-24-64-4)27-32(67(55,56)57)28-36(34)44(38)46)13-8-6-9-14-42-47(3,21-12-26-66(52,53)54)45-37-29-33(68(58,59)60)30-40(69(61,62)63)35(37)17-19-39(45)49(42)23-25-65-5/h6,8-9,13-14,16-19,27-30H,7,10-12,15,20-26H2,1-5H3,(H4-,50,51,52,53,54,55,56,57,58,59,60,61,62,63)/p+1. The van der Waals surface area contributed by atoms with Gasteiger partial charge in [-0.05, 0) is 123 Å². The molecule has 5 N–H and O–H groups in total. The third-order valence-corrected chi connectivity index (χ3v) is 16.2. The molecule has 6 rings (SSSR count). The van der Waals surface area contributed by atoms with Gasteiger partial charge in [-0.3, -0.25) is 23.0 Å². The predicted molar refractivity (Wildman–Crippen MR) is 260 cm³/mol. The molecule has 0 aliphatic carbocycles. The second-order valence-electron chi connectivity index (χ2n) is 17.8. The molecule has 1 unspecified atom stereocenters. The van der Waals surface area contributed by atoms with E-state index in [2.05, 4.69) is 4.58 Å². The van der Waals surface area contributed by atoms with Crippen LogP contribution >= 0.6 is 0 Å². The largest absolute Gasteiger partial charge is 0.481 e. The minimum absolute atomic E-state index is 0.0210. The molecule has 2 aliphatic rings. The van der Waals surface area contributed by atoms with Gasteiger partial charge in [0.05, 0.1) is 34.2 Å². The smallest absolute Gasteiger partial charge is 0.303 e. The van der Waals surface area contributed by atoms with Gasteiger partial charge in [-0.2, -0.15) is 38.2 Å². The normalized spacial score (nSPS) is 18.2. The number of hydrogen-bond acceptors (Lipinski definition) is 12. The molecule has 2 aliphatic heterocycles. The number of allylic oxidation sites excluding steroid dienone is 6. The van der Waals surface area contributed by atoms with Crippen LogP contribution < -0.4 is 4.90 Å². The molecule has 4 aromatic carbocycles. The van der Waals surface area contributed by atoms with Crippen molar-refractivity contribution < 1.29 is 75.8 Å². The van der Waals surface area contributed by atoms with Gasteiger partial charge >= 0.3 is 5.97 Å². The maximum Gasteiger partial charge on any atom is 0.303 e. The van der Waals surface area contributed by atoms with E-state index >= 15 is 0 Å². The summed E-state index contributed by atoms with van der Waals surface area (Å²) in [4.78, 5) is 11.3. The highest BCUT2D eigenvalue weighted by Gasteiger charge is 2.47. The Morgan fingerprint density at radius 3 is 1.96 bits per heavy atom. The first-order valence-electron chi connectivity index (χ1n) is 21.9. The molecule has 2 heterocycles. The lowest BCUT2D eigenvalue weighted by Crippen LogP contribution is -2.31. The van der Waals surface area contributed by atoms with Crippen LogP contribution in [-0.4, -0.2) is 120 Å². The van der Waals surface area contributed by atoms with E-state index in [-0.39, 0.29) is 48.1 Å². The summed E-state index contributed by atoms with van der Waals surface area (Å²) in [5.74, 6) is -1.52. The van der Waals surface area contributed by atoms with Crippen molar-refractivity contribution in [2.75, 3.05) is 51.2 Å². The van der Waals surface area contributed by atoms with Crippen molar-refractivity contribution in [2.24, 2.45) is 0 Å². The fraction of sp³-hybridized carbons (Fsp3) is 0.404. The third kappa shape index (κ3) is 11.5. The van der Waals surface area contributed by atoms with Gasteiger partial charge in [0.25, 0.3) is 40.5 Å². The van der Waals surface area contributed by atoms with Crippen LogP contribution in [0.5, 0.6) is 0 Å². The van der Waals surface area contributed by atoms with Crippen LogP contribution in [0.4, 0.5) is 11.4 Å². The number of aliphatic carboxylic acids is 1. The molecule has 0 aromatic heterocycles. The van der Waals surface area contributed by atoms with Crippen molar-refractivity contribution in [2.45, 2.75) is 91.2 Å². The van der Waals surface area contributed by atoms with Gasteiger partial charge < -0.3 is 19.5 Å². The Hall–Kier alpha value is -4.88. The quantitative estimate of drug-likeness (QED) is 0.0229. The van der Waals surface area contributed by atoms with Gasteiger partial charge in [-0.1, -0.05) is 24.3 Å². The summed E-state index contributed by atoms with van der Waals surface area (Å²) in [5, 5.41) is 10.6. The summed E-state index contributed by atoms with van der Waals surface area (Å²) in [7, 11) is -16.1. The van der Waals surface area contributed by atoms with Crippen molar-refractivity contribution in [1.29, 1.82) is 0 Å². The van der Waals surface area contributed by atoms with Crippen LogP contribution in [0.2, 0.25) is 0 Å². The Bertz CT molecular complexity index is 3290. The first kappa shape index (κ1) is 53.5. The highest BCUT2D eigenvalue weighted by molar-refractivity contribution is 7.87. The van der Waals surface area contributed by atoms with Crippen LogP contribution in [0, 0.1) is 0 Å². The molecule has 18 nitrogen and oxygen atoms in total. The molecule has 0 radical (unpaired) electrons. The van der Waals surface area contributed by atoms with Gasteiger partial charge in [0.2, 0.25) is 5.69 Å². The van der Waals surface area contributed by atoms with E-state index in [1.807, 2.05) is 37.0 Å². The Morgan fingerprint density at radius 2 is 1.35 bits per heavy atom. The number of unbranched alkanes of at least 4 members (excludes halogenated alkanes) is 2. The van der Waals surface area contributed by atoms with Crippen molar-refractivity contribution >= 4 is 85.1 Å². The molecule has 0 fully saturated rings. The highest BCUT2D eigenvalue weighted by atomic mass is 32.2. The number of carboxylic acids is 1. The molecule has 0 bridgehead atoms. The molecule has 22 heteroatoms. The summed E-state index contributed by atoms with van der Waals surface area (Å²) >= 11 is 0. The minimum Gasteiger partial charge on any atom is -0.481 e. The lowest BCUT2D eigenvalue weighted by Gasteiger charge is -2.30. The number of benzene rings is 4. The number of hydrogen-bond donors (Lipinski definition) is 5. The van der Waals surface area contributed by atoms with E-state index in [9.17, 15) is 61.8 Å². The van der Waals surface area contributed by atoms with Gasteiger partial charge in [-0.25, -0.2) is 0 Å². The molecule has 4 aromatic rings. The average Bonchev–Trinajstić information content (AvgIpc) is 3.61. The van der Waals surface area contributed by atoms with Crippen molar-refractivity contribution in [3.8, 4) is 0 Å². The summed E-state index contributed by atoms with van der Waals surface area (Å²) in [6.45, 7) is 6.95. The summed E-state index contributed by atoms with van der Waals surface area (Å²) in [6.07, 6.45) is 11.0. The van der Waals surface area contributed by atoms with E-state index in [0.717, 1.165) is 28.4 Å². The lowest BCUT2D eigenvalue weighted by atomic mass is 9.75. The number of carbonyl (C=O) groups is 1. The third-order valence-electron chi connectivity index (χ3n) is 12.8. The zero-order valence-electron chi connectivity index (χ0n) is 38.7. The first-order valence-corrected chi connectivity index (χ1v) is 27.8. The lowest BCUT2D eigenvalue weighted by molar-refractivity contribution is -0.438. The summed E-state index contributed by atoms with van der Waals surface area (Å²) in [5.41, 5.74) is 2.56. The summed E-state index contributed by atoms with van der Waals surface area (Å²) < 4.78 is 153. The van der Waals surface area contributed by atoms with Gasteiger partial charge in [-0.15, -0.1) is 0 Å². The highest BCUT2D eigenvalue weighted by Crippen LogP contribution is 2.54. The number of ether oxygens (including phenoxy) is 2. The number of carboxylic acid groups (broad SMARTS) is 1. The maximum absolute atomic E-state index is 12.7. The fourth-order valence-corrected chi connectivity index (χ4v) is 12.2. The Kier molecular flexibility index (Phi) is 15.9. The SMILES string of the molecule is COCCc1cc(S(=O)(=O)O)cc2c3c(ccc12)[N+](CCCCCC(=O)O)=C(/C=C/C=C/C=C1/N(CCOC)c2ccc4c(S(=O)(=O)O)cc(S(=O)(=O)O)cc4c2C1(C)CCCS(=O)(=O)O)C3(C)C. The van der Waals surface area contributed by atoms with Gasteiger partial charge in [0, 0.05) is 73.5 Å². The fourth-order valence-electron chi connectivity index (χ4n) is 9.78. The molecule has 69 heavy (non-hydrogen) atoms. The van der Waals surface area contributed by atoms with E-state index in [1.54, 1.807) is 37.3 Å². The zero-order chi connectivity index (χ0) is 50.9. The van der Waals surface area contributed by atoms with Crippen LogP contribution in [0.15, 0.2) is 99.3 Å². The van der Waals surface area contributed by atoms with Crippen LogP contribution in [0.25, 0.3) is 21.5 Å². The number of anilines is 1. The Labute approximate surface area is 402 Å². The zero-order valence-corrected chi connectivity index (χ0v) is 42.0. The van der Waals surface area contributed by atoms with Crippen molar-refractivity contribution in [3.63, 3.8) is 0 Å². The topological polar surface area (TPSA) is 279 Å². The molecule has 1 atom stereocenters. The average molecular weight is 1030 g/mol. The van der Waals surface area contributed by atoms with E-state index in [4.69, 9.17) is 9.47 Å². The van der Waals surface area contributed by atoms with E-state index < -0.39 is 72.8 Å². The number of methoxy groups -OCH3 is 2. The Morgan fingerprint density at radius 1 is 0.710 bits per heavy atom. The number of nitrogens with zero attached hydrogens (tertiary/aromatic N) is 2. The monoisotopic (exact) mass is 1030 g/mol. The first-order chi connectivity index (χ1) is 32.1. The van der Waals surface area contributed by atoms with Crippen molar-refractivity contribution in [1.82, 2.24) is 0 Å². The molecule has 374 valence electrons. The number of rotatable bonds is 22. The number of fused-ring (bicyclic) bond motifs is 6. The van der Waals surface area contributed by atoms with E-state index in [0.29, 0.717) is 72.8 Å². The maximum atomic E-state index is 12.7. The molecule has 0 saturated heterocycles. The predicted octanol–water partition coefficient (Wildman–Crippen LogP) is 7.03. The van der Waals surface area contributed by atoms with Crippen molar-refractivity contribution in [3.05, 3.63) is 101 Å². The van der Waals surface area contributed by atoms with Crippen LogP contribution in [0.1, 0.15) is 76.0 Å². The Balaban J connectivity index is 1.50. The van der Waals surface area contributed by atoms with Crippen LogP contribution in [0.3, 0.4) is 0 Å².